The topological polar surface area (TPSA) is 85.1 Å². The maximum atomic E-state index is 12.4. The van der Waals surface area contributed by atoms with E-state index >= 15 is 0 Å². The molecule has 21 heavy (non-hydrogen) atoms. The lowest BCUT2D eigenvalue weighted by molar-refractivity contribution is -0.140. The number of sulfone groups is 1. The van der Waals surface area contributed by atoms with Crippen molar-refractivity contribution in [3.05, 3.63) is 28.0 Å². The third kappa shape index (κ3) is 3.24. The zero-order chi connectivity index (χ0) is 15.8. The van der Waals surface area contributed by atoms with Crippen LogP contribution in [0.15, 0.2) is 16.7 Å². The summed E-state index contributed by atoms with van der Waals surface area (Å²) in [5.74, 6) is -0.677. The minimum absolute atomic E-state index is 0.170. The van der Waals surface area contributed by atoms with Gasteiger partial charge in [-0.3, -0.25) is 0 Å². The Bertz CT molecular complexity index is 749. The molecular formula is C10H10F3N3O3S2. The van der Waals surface area contributed by atoms with Crippen LogP contribution in [0, 0.1) is 0 Å². The Morgan fingerprint density at radius 2 is 2.10 bits per heavy atom. The van der Waals surface area contributed by atoms with Gasteiger partial charge in [-0.15, -0.1) is 11.3 Å². The first-order valence-corrected chi connectivity index (χ1v) is 8.04. The lowest BCUT2D eigenvalue weighted by Gasteiger charge is -2.04. The van der Waals surface area contributed by atoms with Gasteiger partial charge in [-0.05, 0) is 0 Å². The molecule has 2 heterocycles. The molecule has 0 spiro atoms. The van der Waals surface area contributed by atoms with Gasteiger partial charge >= 0.3 is 6.18 Å². The van der Waals surface area contributed by atoms with Crippen molar-refractivity contribution in [3.63, 3.8) is 0 Å². The van der Waals surface area contributed by atoms with E-state index in [2.05, 4.69) is 9.97 Å². The van der Waals surface area contributed by atoms with Gasteiger partial charge < -0.3 is 9.67 Å². The van der Waals surface area contributed by atoms with Crippen molar-refractivity contribution in [3.8, 4) is 0 Å². The summed E-state index contributed by atoms with van der Waals surface area (Å²) >= 11 is 0.620. The molecule has 2 aromatic heterocycles. The molecule has 0 atom stereocenters. The summed E-state index contributed by atoms with van der Waals surface area (Å²) in [4.78, 5) is 6.96. The number of hydrogen-bond donors (Lipinski definition) is 1. The molecule has 11 heteroatoms. The van der Waals surface area contributed by atoms with Gasteiger partial charge in [0, 0.05) is 12.4 Å². The third-order valence-electron chi connectivity index (χ3n) is 2.64. The fraction of sp³-hybridized carbons (Fsp3) is 0.400. The highest BCUT2D eigenvalue weighted by atomic mass is 32.2. The molecule has 0 bridgehead atoms. The number of rotatable bonds is 4. The fourth-order valence-corrected chi connectivity index (χ4v) is 4.19. The van der Waals surface area contributed by atoms with E-state index in [1.165, 1.54) is 17.8 Å². The molecule has 0 amide bonds. The SMILES string of the molecule is Cn1c(CO)cnc1S(=O)(=O)Cc1nc(C(F)(F)F)cs1. The van der Waals surface area contributed by atoms with Crippen LogP contribution in [0.3, 0.4) is 0 Å². The summed E-state index contributed by atoms with van der Waals surface area (Å²) in [6.45, 7) is -0.394. The summed E-state index contributed by atoms with van der Waals surface area (Å²) < 4.78 is 62.7. The number of imidazole rings is 1. The Hall–Kier alpha value is -1.46. The average molecular weight is 341 g/mol. The minimum atomic E-state index is -4.61. The number of hydrogen-bond acceptors (Lipinski definition) is 6. The number of nitrogens with zero attached hydrogens (tertiary/aromatic N) is 3. The van der Waals surface area contributed by atoms with Crippen LogP contribution in [-0.2, 0) is 35.4 Å². The number of aromatic nitrogens is 3. The molecule has 1 N–H and O–H groups in total. The highest BCUT2D eigenvalue weighted by Gasteiger charge is 2.34. The van der Waals surface area contributed by atoms with Crippen LogP contribution < -0.4 is 0 Å². The molecule has 0 fully saturated rings. The largest absolute Gasteiger partial charge is 0.434 e. The van der Waals surface area contributed by atoms with Crippen molar-refractivity contribution in [2.45, 2.75) is 23.7 Å². The summed E-state index contributed by atoms with van der Waals surface area (Å²) in [5, 5.41) is 9.26. The normalized spacial score (nSPS) is 12.8. The van der Waals surface area contributed by atoms with Crippen molar-refractivity contribution < 1.29 is 26.7 Å². The number of aliphatic hydroxyl groups excluding tert-OH is 1. The molecule has 0 saturated carbocycles. The second-order valence-corrected chi connectivity index (χ2v) is 6.96. The Morgan fingerprint density at radius 1 is 1.43 bits per heavy atom. The molecule has 0 unspecified atom stereocenters. The molecule has 6 nitrogen and oxygen atoms in total. The van der Waals surface area contributed by atoms with E-state index < -0.39 is 34.1 Å². The predicted octanol–water partition coefficient (Wildman–Crippen LogP) is 1.36. The maximum absolute atomic E-state index is 12.4. The third-order valence-corrected chi connectivity index (χ3v) is 5.26. The van der Waals surface area contributed by atoms with Crippen LogP contribution >= 0.6 is 11.3 Å². The van der Waals surface area contributed by atoms with E-state index in [0.29, 0.717) is 11.3 Å². The summed E-state index contributed by atoms with van der Waals surface area (Å²) in [5.41, 5.74) is -0.836. The van der Waals surface area contributed by atoms with E-state index in [1.54, 1.807) is 0 Å². The lowest BCUT2D eigenvalue weighted by Crippen LogP contribution is -2.13. The number of thiazole rings is 1. The van der Waals surface area contributed by atoms with E-state index in [4.69, 9.17) is 5.11 Å². The molecule has 116 valence electrons. The summed E-state index contributed by atoms with van der Waals surface area (Å²) in [7, 11) is -2.55. The Morgan fingerprint density at radius 3 is 2.57 bits per heavy atom. The standard InChI is InChI=1S/C10H10F3N3O3S2/c1-16-6(3-17)2-14-9(16)21(18,19)5-8-15-7(4-20-8)10(11,12)13/h2,4,17H,3,5H2,1H3. The van der Waals surface area contributed by atoms with Crippen molar-refractivity contribution in [2.24, 2.45) is 7.05 Å². The number of alkyl halides is 3. The van der Waals surface area contributed by atoms with Gasteiger partial charge in [-0.25, -0.2) is 18.4 Å². The maximum Gasteiger partial charge on any atom is 0.434 e. The van der Waals surface area contributed by atoms with Crippen molar-refractivity contribution in [2.75, 3.05) is 0 Å². The minimum Gasteiger partial charge on any atom is -0.390 e. The molecule has 0 aliphatic rings. The van der Waals surface area contributed by atoms with Gasteiger partial charge in [0.05, 0.1) is 18.5 Å². The monoisotopic (exact) mass is 341 g/mol. The molecule has 0 aliphatic heterocycles. The summed E-state index contributed by atoms with van der Waals surface area (Å²) in [6, 6.07) is 0. The molecule has 0 aliphatic carbocycles. The van der Waals surface area contributed by atoms with Gasteiger partial charge in [0.25, 0.3) is 0 Å². The van der Waals surface area contributed by atoms with Gasteiger partial charge in [0.15, 0.2) is 5.69 Å². The first kappa shape index (κ1) is 15.9. The van der Waals surface area contributed by atoms with Gasteiger partial charge in [-0.1, -0.05) is 0 Å². The number of aliphatic hydroxyl groups is 1. The van der Waals surface area contributed by atoms with E-state index in [-0.39, 0.29) is 15.9 Å². The highest BCUT2D eigenvalue weighted by Crippen LogP contribution is 2.31. The Kier molecular flexibility index (Phi) is 4.08. The van der Waals surface area contributed by atoms with Gasteiger partial charge in [0.1, 0.15) is 10.8 Å². The van der Waals surface area contributed by atoms with Crippen LogP contribution in [0.5, 0.6) is 0 Å². The quantitative estimate of drug-likeness (QED) is 0.908. The first-order valence-electron chi connectivity index (χ1n) is 5.51. The smallest absolute Gasteiger partial charge is 0.390 e. The molecule has 0 saturated heterocycles. The molecule has 0 aromatic carbocycles. The van der Waals surface area contributed by atoms with Crippen molar-refractivity contribution >= 4 is 21.2 Å². The van der Waals surface area contributed by atoms with Crippen LogP contribution in [0.1, 0.15) is 16.4 Å². The van der Waals surface area contributed by atoms with Crippen molar-refractivity contribution in [1.29, 1.82) is 0 Å². The molecule has 2 aromatic rings. The summed E-state index contributed by atoms with van der Waals surface area (Å²) in [6.07, 6.45) is -3.42. The number of halogens is 3. The fourth-order valence-electron chi connectivity index (χ4n) is 1.60. The average Bonchev–Trinajstić information content (AvgIpc) is 2.94. The lowest BCUT2D eigenvalue weighted by atomic mass is 10.5. The molecule has 0 radical (unpaired) electrons. The van der Waals surface area contributed by atoms with Crippen molar-refractivity contribution in [1.82, 2.24) is 14.5 Å². The second-order valence-electron chi connectivity index (χ2n) is 4.13. The molecule has 2 rings (SSSR count). The van der Waals surface area contributed by atoms with E-state index in [9.17, 15) is 21.6 Å². The Labute approximate surface area is 121 Å². The zero-order valence-electron chi connectivity index (χ0n) is 10.6. The zero-order valence-corrected chi connectivity index (χ0v) is 12.3. The molecular weight excluding hydrogens is 331 g/mol. The van der Waals surface area contributed by atoms with Gasteiger partial charge in [-0.2, -0.15) is 13.2 Å². The highest BCUT2D eigenvalue weighted by molar-refractivity contribution is 7.90. The van der Waals surface area contributed by atoms with Crippen LogP contribution in [0.25, 0.3) is 0 Å². The van der Waals surface area contributed by atoms with E-state index in [0.717, 1.165) is 5.38 Å². The first-order chi connectivity index (χ1) is 9.65. The Balaban J connectivity index is 2.29. The predicted molar refractivity (Wildman–Crippen MR) is 67.1 cm³/mol. The van der Waals surface area contributed by atoms with Crippen LogP contribution in [-0.4, -0.2) is 28.1 Å². The van der Waals surface area contributed by atoms with Crippen LogP contribution in [0.2, 0.25) is 0 Å². The van der Waals surface area contributed by atoms with Crippen LogP contribution in [0.4, 0.5) is 13.2 Å². The van der Waals surface area contributed by atoms with Gasteiger partial charge in [0.2, 0.25) is 15.0 Å². The second kappa shape index (κ2) is 5.39. The van der Waals surface area contributed by atoms with E-state index in [1.807, 2.05) is 0 Å².